The fourth-order valence-corrected chi connectivity index (χ4v) is 10.4. The number of fused-ring (bicyclic) bond motifs is 7. The van der Waals surface area contributed by atoms with Crippen LogP contribution in [-0.2, 0) is 4.79 Å². The number of aliphatic hydroxyl groups is 1. The van der Waals surface area contributed by atoms with Crippen LogP contribution in [0.5, 0.6) is 0 Å². The van der Waals surface area contributed by atoms with Crippen LogP contribution in [0, 0.1) is 57.2 Å². The molecule has 0 unspecified atom stereocenters. The third-order valence-corrected chi connectivity index (χ3v) is 12.6. The van der Waals surface area contributed by atoms with Gasteiger partial charge in [-0.25, -0.2) is 0 Å². The topological polar surface area (TPSA) is 57.5 Å². The summed E-state index contributed by atoms with van der Waals surface area (Å²) >= 11 is 0. The van der Waals surface area contributed by atoms with Crippen molar-refractivity contribution >= 4 is 5.97 Å². The van der Waals surface area contributed by atoms with Crippen molar-refractivity contribution in [2.24, 2.45) is 57.2 Å². The maximum atomic E-state index is 12.7. The van der Waals surface area contributed by atoms with Gasteiger partial charge in [0.05, 0.1) is 11.5 Å². The van der Waals surface area contributed by atoms with E-state index in [1.165, 1.54) is 18.4 Å². The number of rotatable bonds is 1. The molecule has 0 aliphatic heterocycles. The Morgan fingerprint density at radius 3 is 2.34 bits per heavy atom. The van der Waals surface area contributed by atoms with Crippen LogP contribution < -0.4 is 0 Å². The van der Waals surface area contributed by atoms with E-state index < -0.39 is 11.4 Å². The summed E-state index contributed by atoms with van der Waals surface area (Å²) in [5.41, 5.74) is 1.41. The average molecular weight is 443 g/mol. The van der Waals surface area contributed by atoms with E-state index in [0.29, 0.717) is 29.6 Å². The lowest BCUT2D eigenvalue weighted by Gasteiger charge is -2.67. The molecule has 0 aromatic rings. The van der Waals surface area contributed by atoms with E-state index in [0.717, 1.165) is 44.9 Å². The third-order valence-electron chi connectivity index (χ3n) is 12.6. The van der Waals surface area contributed by atoms with E-state index in [2.05, 4.69) is 47.6 Å². The molecule has 2 N–H and O–H groups in total. The minimum Gasteiger partial charge on any atom is -0.481 e. The lowest BCUT2D eigenvalue weighted by molar-refractivity contribution is -0.178. The summed E-state index contributed by atoms with van der Waals surface area (Å²) in [5, 5.41) is 21.3. The fourth-order valence-electron chi connectivity index (χ4n) is 10.4. The first-order chi connectivity index (χ1) is 14.9. The summed E-state index contributed by atoms with van der Waals surface area (Å²) in [5.74, 6) is 2.61. The van der Waals surface area contributed by atoms with Gasteiger partial charge in [0, 0.05) is 0 Å². The number of allylic oxidation sites excluding steroid dienone is 2. The molecule has 0 aromatic carbocycles. The van der Waals surface area contributed by atoms with Gasteiger partial charge in [-0.05, 0) is 110 Å². The van der Waals surface area contributed by atoms with Gasteiger partial charge in [-0.1, -0.05) is 53.2 Å². The van der Waals surface area contributed by atoms with Gasteiger partial charge >= 0.3 is 5.97 Å². The molecule has 0 aromatic heterocycles. The first kappa shape index (κ1) is 22.9. The molecular weight excluding hydrogens is 396 g/mol. The van der Waals surface area contributed by atoms with Gasteiger partial charge in [-0.15, -0.1) is 0 Å². The number of hydrogen-bond donors (Lipinski definition) is 2. The normalized spacial score (nSPS) is 54.3. The van der Waals surface area contributed by atoms with Gasteiger partial charge in [0.15, 0.2) is 0 Å². The Labute approximate surface area is 195 Å². The van der Waals surface area contributed by atoms with E-state index in [-0.39, 0.29) is 28.3 Å². The summed E-state index contributed by atoms with van der Waals surface area (Å²) in [6.07, 6.45) is 11.8. The van der Waals surface area contributed by atoms with E-state index in [1.807, 2.05) is 0 Å². The summed E-state index contributed by atoms with van der Waals surface area (Å²) in [6, 6.07) is 0. The lowest BCUT2D eigenvalue weighted by atomic mass is 9.37. The molecule has 5 aliphatic rings. The van der Waals surface area contributed by atoms with Gasteiger partial charge in [-0.2, -0.15) is 0 Å². The Morgan fingerprint density at radius 1 is 0.938 bits per heavy atom. The SMILES string of the molecule is C[C@H]1[C@H](C)CC[C@]2(C(=O)O)CC[C@]3(C)C(=CC[C@H]4[C@H]3CC[C@H]3C(C)(C)[C@@H](O)CC[C@]43C)[C@H]12. The number of hydrogen-bond acceptors (Lipinski definition) is 2. The van der Waals surface area contributed by atoms with E-state index in [1.54, 1.807) is 0 Å². The molecule has 3 heteroatoms. The molecule has 5 rings (SSSR count). The predicted octanol–water partition coefficient (Wildman–Crippen LogP) is 6.70. The van der Waals surface area contributed by atoms with Crippen molar-refractivity contribution in [2.75, 3.05) is 0 Å². The van der Waals surface area contributed by atoms with Gasteiger partial charge in [-0.3, -0.25) is 4.79 Å². The molecule has 0 saturated heterocycles. The van der Waals surface area contributed by atoms with Gasteiger partial charge in [0.2, 0.25) is 0 Å². The van der Waals surface area contributed by atoms with Crippen LogP contribution in [0.2, 0.25) is 0 Å². The molecule has 0 amide bonds. The average Bonchev–Trinajstić information content (AvgIpc) is 2.73. The zero-order valence-corrected chi connectivity index (χ0v) is 21.3. The second-order valence-corrected chi connectivity index (χ2v) is 13.9. The van der Waals surface area contributed by atoms with Crippen molar-refractivity contribution in [2.45, 2.75) is 105 Å². The molecule has 0 bridgehead atoms. The molecule has 0 heterocycles. The molecule has 5 aliphatic carbocycles. The largest absolute Gasteiger partial charge is 0.481 e. The highest BCUT2D eigenvalue weighted by molar-refractivity contribution is 5.76. The zero-order chi connectivity index (χ0) is 23.3. The first-order valence-corrected chi connectivity index (χ1v) is 13.5. The van der Waals surface area contributed by atoms with Gasteiger partial charge in [0.25, 0.3) is 0 Å². The monoisotopic (exact) mass is 442 g/mol. The van der Waals surface area contributed by atoms with Crippen LogP contribution in [0.25, 0.3) is 0 Å². The maximum Gasteiger partial charge on any atom is 0.310 e. The standard InChI is InChI=1S/C29H46O3/c1-17-11-14-29(25(31)32)16-15-27(5)19-9-10-22-26(3,4)23(30)12-13-28(22,6)20(19)7-8-21(27)24(29)18(17)2/h8,17-20,22-24,30H,7,9-16H2,1-6H3,(H,31,32)/t17-,18+,19-,20+,22+,23+,24+,27+,28-,29+/m1/s1. The molecule has 4 saturated carbocycles. The number of carbonyl (C=O) groups is 1. The zero-order valence-electron chi connectivity index (χ0n) is 21.3. The van der Waals surface area contributed by atoms with Crippen LogP contribution >= 0.6 is 0 Å². The minimum absolute atomic E-state index is 0.0127. The van der Waals surface area contributed by atoms with Gasteiger partial charge in [0.1, 0.15) is 0 Å². The molecule has 4 fully saturated rings. The second kappa shape index (κ2) is 7.09. The summed E-state index contributed by atoms with van der Waals surface area (Å²) in [4.78, 5) is 12.7. The second-order valence-electron chi connectivity index (χ2n) is 13.9. The molecule has 180 valence electrons. The fraction of sp³-hybridized carbons (Fsp3) is 0.897. The summed E-state index contributed by atoms with van der Waals surface area (Å²) in [6.45, 7) is 14.3. The van der Waals surface area contributed by atoms with Crippen molar-refractivity contribution in [1.82, 2.24) is 0 Å². The molecular formula is C29H46O3. The third kappa shape index (κ3) is 2.72. The van der Waals surface area contributed by atoms with E-state index in [9.17, 15) is 15.0 Å². The van der Waals surface area contributed by atoms with Crippen molar-refractivity contribution in [3.8, 4) is 0 Å². The van der Waals surface area contributed by atoms with E-state index in [4.69, 9.17) is 0 Å². The quantitative estimate of drug-likeness (QED) is 0.444. The van der Waals surface area contributed by atoms with Gasteiger partial charge < -0.3 is 10.2 Å². The minimum atomic E-state index is -0.540. The Morgan fingerprint density at radius 2 is 1.66 bits per heavy atom. The van der Waals surface area contributed by atoms with Crippen LogP contribution in [0.1, 0.15) is 99.3 Å². The number of carboxylic acids is 1. The molecule has 32 heavy (non-hydrogen) atoms. The Kier molecular flexibility index (Phi) is 5.08. The van der Waals surface area contributed by atoms with E-state index >= 15 is 0 Å². The maximum absolute atomic E-state index is 12.7. The molecule has 0 spiro atoms. The Bertz CT molecular complexity index is 828. The number of carboxylic acid groups (broad SMARTS) is 1. The molecule has 0 radical (unpaired) electrons. The van der Waals surface area contributed by atoms with Crippen LogP contribution in [0.3, 0.4) is 0 Å². The highest BCUT2D eigenvalue weighted by Crippen LogP contribution is 2.71. The van der Waals surface area contributed by atoms with Crippen molar-refractivity contribution in [3.63, 3.8) is 0 Å². The molecule has 3 nitrogen and oxygen atoms in total. The Balaban J connectivity index is 1.57. The van der Waals surface area contributed by atoms with Crippen LogP contribution in [0.15, 0.2) is 11.6 Å². The highest BCUT2D eigenvalue weighted by Gasteiger charge is 2.65. The Hall–Kier alpha value is -0.830. The van der Waals surface area contributed by atoms with Crippen molar-refractivity contribution in [3.05, 3.63) is 11.6 Å². The smallest absolute Gasteiger partial charge is 0.310 e. The van der Waals surface area contributed by atoms with Crippen LogP contribution in [-0.4, -0.2) is 22.3 Å². The van der Waals surface area contributed by atoms with Crippen molar-refractivity contribution in [1.29, 1.82) is 0 Å². The number of aliphatic hydroxyl groups excluding tert-OH is 1. The summed E-state index contributed by atoms with van der Waals surface area (Å²) < 4.78 is 0. The first-order valence-electron chi connectivity index (χ1n) is 13.5. The van der Waals surface area contributed by atoms with Crippen molar-refractivity contribution < 1.29 is 15.0 Å². The lowest BCUT2D eigenvalue weighted by Crippen LogP contribution is -2.61. The predicted molar refractivity (Wildman–Crippen MR) is 128 cm³/mol. The number of aliphatic carboxylic acids is 1. The molecule has 10 atom stereocenters. The highest BCUT2D eigenvalue weighted by atomic mass is 16.4. The van der Waals surface area contributed by atoms with Crippen LogP contribution in [0.4, 0.5) is 0 Å². The summed E-state index contributed by atoms with van der Waals surface area (Å²) in [7, 11) is 0.